The van der Waals surface area contributed by atoms with Crippen molar-refractivity contribution in [1.29, 1.82) is 0 Å². The highest BCUT2D eigenvalue weighted by Gasteiger charge is 2.09. The molecule has 1 unspecified atom stereocenters. The molecule has 14 heavy (non-hydrogen) atoms. The fourth-order valence-corrected chi connectivity index (χ4v) is 1.61. The van der Waals surface area contributed by atoms with Gasteiger partial charge in [-0.05, 0) is 19.1 Å². The Kier molecular flexibility index (Phi) is 2.21. The summed E-state index contributed by atoms with van der Waals surface area (Å²) in [6.07, 6.45) is 0.866. The monoisotopic (exact) mass is 190 g/mol. The second-order valence-corrected chi connectivity index (χ2v) is 3.40. The summed E-state index contributed by atoms with van der Waals surface area (Å²) in [4.78, 5) is 0. The van der Waals surface area contributed by atoms with Gasteiger partial charge in [0, 0.05) is 18.2 Å². The van der Waals surface area contributed by atoms with Gasteiger partial charge >= 0.3 is 0 Å². The van der Waals surface area contributed by atoms with Crippen molar-refractivity contribution >= 4 is 5.65 Å². The molecule has 74 valence electrons. The van der Waals surface area contributed by atoms with Gasteiger partial charge < -0.3 is 5.73 Å². The molecule has 0 fully saturated rings. The quantitative estimate of drug-likeness (QED) is 0.776. The Morgan fingerprint density at radius 3 is 2.86 bits per heavy atom. The zero-order valence-electron chi connectivity index (χ0n) is 8.44. The van der Waals surface area contributed by atoms with E-state index in [-0.39, 0.29) is 6.04 Å². The first-order valence-electron chi connectivity index (χ1n) is 4.82. The molecule has 0 aliphatic carbocycles. The number of pyridine rings is 1. The standard InChI is InChI=1S/C10H14N4/c1-3-9-12-13-10-6-4-5-8(7(2)11)14(9)10/h4-7H,3,11H2,1-2H3. The van der Waals surface area contributed by atoms with E-state index in [4.69, 9.17) is 5.73 Å². The van der Waals surface area contributed by atoms with Gasteiger partial charge in [0.05, 0.1) is 0 Å². The lowest BCUT2D eigenvalue weighted by Crippen LogP contribution is -2.11. The highest BCUT2D eigenvalue weighted by molar-refractivity contribution is 5.40. The molecule has 0 aliphatic heterocycles. The Labute approximate surface area is 82.8 Å². The number of nitrogens with two attached hydrogens (primary N) is 1. The molecule has 0 spiro atoms. The topological polar surface area (TPSA) is 56.2 Å². The van der Waals surface area contributed by atoms with Crippen molar-refractivity contribution in [3.8, 4) is 0 Å². The number of rotatable bonds is 2. The van der Waals surface area contributed by atoms with Crippen LogP contribution in [-0.2, 0) is 6.42 Å². The van der Waals surface area contributed by atoms with Crippen LogP contribution < -0.4 is 5.73 Å². The molecular formula is C10H14N4. The first-order valence-corrected chi connectivity index (χ1v) is 4.82. The second kappa shape index (κ2) is 3.38. The fraction of sp³-hybridized carbons (Fsp3) is 0.400. The molecule has 2 heterocycles. The van der Waals surface area contributed by atoms with E-state index in [1.807, 2.05) is 29.5 Å². The minimum Gasteiger partial charge on any atom is -0.323 e. The van der Waals surface area contributed by atoms with E-state index in [1.54, 1.807) is 0 Å². The molecule has 0 aliphatic rings. The van der Waals surface area contributed by atoms with Crippen LogP contribution in [0.4, 0.5) is 0 Å². The van der Waals surface area contributed by atoms with Gasteiger partial charge in [0.15, 0.2) is 5.65 Å². The third kappa shape index (κ3) is 1.28. The Bertz CT molecular complexity index is 444. The number of nitrogens with zero attached hydrogens (tertiary/aromatic N) is 3. The molecule has 1 atom stereocenters. The Morgan fingerprint density at radius 1 is 1.43 bits per heavy atom. The van der Waals surface area contributed by atoms with Gasteiger partial charge in [0.1, 0.15) is 5.82 Å². The van der Waals surface area contributed by atoms with Crippen LogP contribution in [0.5, 0.6) is 0 Å². The summed E-state index contributed by atoms with van der Waals surface area (Å²) in [5.74, 6) is 0.966. The van der Waals surface area contributed by atoms with Gasteiger partial charge in [-0.3, -0.25) is 4.40 Å². The SMILES string of the molecule is CCc1nnc2cccc(C(C)N)n12. The summed E-state index contributed by atoms with van der Waals surface area (Å²) in [6.45, 7) is 4.03. The molecule has 0 bridgehead atoms. The Morgan fingerprint density at radius 2 is 2.21 bits per heavy atom. The number of fused-ring (bicyclic) bond motifs is 1. The fourth-order valence-electron chi connectivity index (χ4n) is 1.61. The Hall–Kier alpha value is -1.42. The maximum absolute atomic E-state index is 5.89. The van der Waals surface area contributed by atoms with Crippen LogP contribution >= 0.6 is 0 Å². The zero-order chi connectivity index (χ0) is 10.1. The molecule has 0 amide bonds. The van der Waals surface area contributed by atoms with Gasteiger partial charge in [0.2, 0.25) is 0 Å². The van der Waals surface area contributed by atoms with Crippen LogP contribution in [0.3, 0.4) is 0 Å². The lowest BCUT2D eigenvalue weighted by molar-refractivity contribution is 0.743. The van der Waals surface area contributed by atoms with E-state index in [0.717, 1.165) is 23.6 Å². The van der Waals surface area contributed by atoms with E-state index in [9.17, 15) is 0 Å². The third-order valence-electron chi connectivity index (χ3n) is 2.31. The lowest BCUT2D eigenvalue weighted by atomic mass is 10.2. The van der Waals surface area contributed by atoms with Crippen molar-refractivity contribution in [3.63, 3.8) is 0 Å². The summed E-state index contributed by atoms with van der Waals surface area (Å²) in [7, 11) is 0. The van der Waals surface area contributed by atoms with Crippen LogP contribution in [0.15, 0.2) is 18.2 Å². The number of hydrogen-bond acceptors (Lipinski definition) is 3. The summed E-state index contributed by atoms with van der Waals surface area (Å²) in [5.41, 5.74) is 7.82. The minimum atomic E-state index is -0.000000000000000444. The molecule has 0 aromatic carbocycles. The van der Waals surface area contributed by atoms with Crippen molar-refractivity contribution in [1.82, 2.24) is 14.6 Å². The molecule has 2 aromatic rings. The average Bonchev–Trinajstić information content (AvgIpc) is 2.59. The average molecular weight is 190 g/mol. The van der Waals surface area contributed by atoms with Gasteiger partial charge in [0.25, 0.3) is 0 Å². The molecule has 2 N–H and O–H groups in total. The molecule has 0 saturated carbocycles. The highest BCUT2D eigenvalue weighted by Crippen LogP contribution is 2.14. The molecule has 2 rings (SSSR count). The lowest BCUT2D eigenvalue weighted by Gasteiger charge is -2.09. The molecule has 0 saturated heterocycles. The summed E-state index contributed by atoms with van der Waals surface area (Å²) in [6, 6.07) is 5.92. The number of aromatic nitrogens is 3. The van der Waals surface area contributed by atoms with E-state index in [2.05, 4.69) is 17.1 Å². The summed E-state index contributed by atoms with van der Waals surface area (Å²) in [5, 5.41) is 8.20. The number of hydrogen-bond donors (Lipinski definition) is 1. The molecule has 4 heteroatoms. The smallest absolute Gasteiger partial charge is 0.161 e. The van der Waals surface area contributed by atoms with Gasteiger partial charge in [-0.15, -0.1) is 10.2 Å². The Balaban J connectivity index is 2.75. The van der Waals surface area contributed by atoms with Crippen LogP contribution in [-0.4, -0.2) is 14.6 Å². The van der Waals surface area contributed by atoms with E-state index >= 15 is 0 Å². The zero-order valence-corrected chi connectivity index (χ0v) is 8.44. The maximum Gasteiger partial charge on any atom is 0.161 e. The predicted octanol–water partition coefficient (Wildman–Crippen LogP) is 1.31. The summed E-state index contributed by atoms with van der Waals surface area (Å²) >= 11 is 0. The van der Waals surface area contributed by atoms with Crippen LogP contribution in [0.2, 0.25) is 0 Å². The van der Waals surface area contributed by atoms with Crippen LogP contribution in [0, 0.1) is 0 Å². The van der Waals surface area contributed by atoms with Gasteiger partial charge in [-0.25, -0.2) is 0 Å². The third-order valence-corrected chi connectivity index (χ3v) is 2.31. The van der Waals surface area contributed by atoms with Crippen LogP contribution in [0.25, 0.3) is 5.65 Å². The molecule has 4 nitrogen and oxygen atoms in total. The van der Waals surface area contributed by atoms with E-state index in [0.29, 0.717) is 0 Å². The van der Waals surface area contributed by atoms with E-state index in [1.165, 1.54) is 0 Å². The number of aryl methyl sites for hydroxylation is 1. The maximum atomic E-state index is 5.89. The summed E-state index contributed by atoms with van der Waals surface area (Å²) < 4.78 is 2.03. The predicted molar refractivity (Wildman–Crippen MR) is 55.0 cm³/mol. The second-order valence-electron chi connectivity index (χ2n) is 3.40. The first kappa shape index (κ1) is 9.15. The van der Waals surface area contributed by atoms with Crippen LogP contribution in [0.1, 0.15) is 31.4 Å². The van der Waals surface area contributed by atoms with Crippen molar-refractivity contribution in [2.24, 2.45) is 5.73 Å². The highest BCUT2D eigenvalue weighted by atomic mass is 15.3. The first-order chi connectivity index (χ1) is 6.74. The minimum absolute atomic E-state index is 0.000000000000000444. The molecule has 0 radical (unpaired) electrons. The van der Waals surface area contributed by atoms with Crippen molar-refractivity contribution in [2.45, 2.75) is 26.3 Å². The largest absolute Gasteiger partial charge is 0.323 e. The van der Waals surface area contributed by atoms with E-state index < -0.39 is 0 Å². The molecule has 2 aromatic heterocycles. The van der Waals surface area contributed by atoms with Gasteiger partial charge in [-0.1, -0.05) is 13.0 Å². The van der Waals surface area contributed by atoms with Crippen molar-refractivity contribution in [3.05, 3.63) is 29.7 Å². The normalized spacial score (nSPS) is 13.4. The van der Waals surface area contributed by atoms with Crippen molar-refractivity contribution < 1.29 is 0 Å². The molecular weight excluding hydrogens is 176 g/mol. The van der Waals surface area contributed by atoms with Gasteiger partial charge in [-0.2, -0.15) is 0 Å². The van der Waals surface area contributed by atoms with Crippen molar-refractivity contribution in [2.75, 3.05) is 0 Å².